The highest BCUT2D eigenvalue weighted by atomic mass is 16.5. The number of rotatable bonds is 23. The SMILES string of the molecule is CCCCCCCCCC(Oc1ccc(-c2ccc(-c3ccc4c(c3)C3(c5cc(-c6ccc7c(c6)C6(c8cc(-c9ccc(-c%10ccc(-c%11ccc%12c(c%11)C%11(c%13cc(C)ccc%13-%12)C%12(CCC)CCCC%11(CCC)CCC%12)cc%10)cc9)ccc8-7)C7(CC)CCC6(CC)CC7)ccc5-4)C4(C)CCC3(C)CC4)cc2)cc1)N1C(=O)C=CC1=O. The number of benzene rings is 10. The number of fused-ring (bicyclic) bond motifs is 9. The minimum absolute atomic E-state index is 0.0513. The first-order chi connectivity index (χ1) is 55.5. The van der Waals surface area contributed by atoms with Gasteiger partial charge in [0.1, 0.15) is 5.75 Å². The van der Waals surface area contributed by atoms with Crippen LogP contribution in [-0.2, 0) is 25.8 Å². The zero-order chi connectivity index (χ0) is 77.8. The molecule has 0 saturated heterocycles. The monoisotopic (exact) mass is 1500 g/mol. The van der Waals surface area contributed by atoms with Crippen molar-refractivity contribution in [3.05, 3.63) is 257 Å². The predicted molar refractivity (Wildman–Crippen MR) is 471 cm³/mol. The quantitative estimate of drug-likeness (QED) is 0.0474. The molecule has 10 aromatic rings. The molecule has 6 bridgehead atoms. The van der Waals surface area contributed by atoms with E-state index < -0.39 is 6.23 Å². The van der Waals surface area contributed by atoms with E-state index in [0.29, 0.717) is 23.0 Å². The molecule has 1 aliphatic heterocycles. The summed E-state index contributed by atoms with van der Waals surface area (Å²) in [5.74, 6) is 0.0509. The molecule has 10 aromatic carbocycles. The third-order valence-electron chi connectivity index (χ3n) is 33.6. The van der Waals surface area contributed by atoms with E-state index in [4.69, 9.17) is 4.74 Å². The third kappa shape index (κ3) is 10.2. The number of hydrogen-bond donors (Lipinski definition) is 0. The van der Waals surface area contributed by atoms with Crippen LogP contribution in [0.5, 0.6) is 5.75 Å². The predicted octanol–water partition coefficient (Wildman–Crippen LogP) is 29.5. The zero-order valence-electron chi connectivity index (χ0n) is 69.3. The Kier molecular flexibility index (Phi) is 17.8. The van der Waals surface area contributed by atoms with Crippen LogP contribution in [0.2, 0.25) is 0 Å². The summed E-state index contributed by atoms with van der Waals surface area (Å²) in [4.78, 5) is 27.1. The normalized spacial score (nSPS) is 28.1. The molecular formula is C110H117NO3. The second-order valence-electron chi connectivity index (χ2n) is 38.4. The molecule has 114 heavy (non-hydrogen) atoms. The van der Waals surface area contributed by atoms with Gasteiger partial charge < -0.3 is 4.74 Å². The van der Waals surface area contributed by atoms with Gasteiger partial charge in [0.05, 0.1) is 0 Å². The summed E-state index contributed by atoms with van der Waals surface area (Å²) in [7, 11) is 0. The molecule has 4 heteroatoms. The molecule has 6 saturated carbocycles. The Morgan fingerprint density at radius 2 is 0.614 bits per heavy atom. The van der Waals surface area contributed by atoms with Gasteiger partial charge in [-0.05, 0) is 325 Å². The van der Waals surface area contributed by atoms with Crippen LogP contribution in [0.15, 0.2) is 218 Å². The summed E-state index contributed by atoms with van der Waals surface area (Å²) in [5, 5.41) is 0. The first kappa shape index (κ1) is 73.7. The Labute approximate surface area is 680 Å². The van der Waals surface area contributed by atoms with Crippen LogP contribution in [0, 0.1) is 39.4 Å². The Morgan fingerprint density at radius 3 is 0.974 bits per heavy atom. The first-order valence-corrected chi connectivity index (χ1v) is 45.0. The average Bonchev–Trinajstić information content (AvgIpc) is 1.44. The van der Waals surface area contributed by atoms with E-state index >= 15 is 0 Å². The molecule has 1 unspecified atom stereocenters. The number of carbonyl (C=O) groups excluding carboxylic acids is 2. The summed E-state index contributed by atoms with van der Waals surface area (Å²) in [6.07, 6.45) is 36.6. The minimum atomic E-state index is -0.638. The Hall–Kier alpha value is -9.12. The largest absolute Gasteiger partial charge is 0.470 e. The Bertz CT molecular complexity index is 5390. The molecule has 3 spiro atoms. The lowest BCUT2D eigenvalue weighted by Crippen LogP contribution is -2.62. The smallest absolute Gasteiger partial charge is 0.256 e. The highest BCUT2D eigenvalue weighted by Crippen LogP contribution is 2.83. The summed E-state index contributed by atoms with van der Waals surface area (Å²) in [6.45, 7) is 19.9. The van der Waals surface area contributed by atoms with E-state index in [2.05, 4.69) is 250 Å². The molecule has 2 amide bonds. The molecule has 0 radical (unpaired) electrons. The van der Waals surface area contributed by atoms with Gasteiger partial charge in [0, 0.05) is 34.8 Å². The second-order valence-corrected chi connectivity index (χ2v) is 38.4. The molecule has 20 rings (SSSR count). The van der Waals surface area contributed by atoms with Crippen molar-refractivity contribution < 1.29 is 14.3 Å². The van der Waals surface area contributed by atoms with Gasteiger partial charge in [0.25, 0.3) is 11.8 Å². The number of carbonyl (C=O) groups is 2. The molecule has 0 aromatic heterocycles. The number of nitrogens with zero attached hydrogens (tertiary/aromatic N) is 1. The summed E-state index contributed by atoms with van der Waals surface area (Å²) in [5.41, 5.74) is 36.2. The van der Waals surface area contributed by atoms with E-state index in [9.17, 15) is 9.59 Å². The fraction of sp³-hybridized carbons (Fsp3) is 0.418. The standard InChI is InChI=1S/C110H117NO3/c1-9-14-15-16-17-18-19-22-101(111-99(112)51-52-100(111)113)114-86-43-36-77(37-44-86)76-28-34-78(35-29-76)81-38-46-88-89-49-41-84(71-95(89)108(94(88)68-81)102(7)59-61-103(108,8)62-60-102)85-42-50-92-91-48-40-82(69-96(91)109(97(92)72-85)104(12-4)63-65-105(109,13-5)66-64-104)79-30-24-74(25-31-79)75-26-32-80(33-27-75)83-39-47-90-87-45-23-73(6)67-93(87)110(98(90)70-83)106(53-10-2)55-20-57-107(110,54-11-3)58-21-56-106/h23-52,67-72,101H,9-22,53-66H2,1-8H3. The summed E-state index contributed by atoms with van der Waals surface area (Å²) in [6, 6.07) is 82.4. The van der Waals surface area contributed by atoms with Gasteiger partial charge in [-0.25, -0.2) is 4.90 Å². The van der Waals surface area contributed by atoms with Crippen molar-refractivity contribution in [3.63, 3.8) is 0 Å². The maximum Gasteiger partial charge on any atom is 0.256 e. The van der Waals surface area contributed by atoms with Gasteiger partial charge in [0.15, 0.2) is 6.23 Å². The fourth-order valence-electron chi connectivity index (χ4n) is 28.7. The molecule has 1 heterocycles. The van der Waals surface area contributed by atoms with Gasteiger partial charge in [-0.1, -0.05) is 282 Å². The number of amides is 2. The van der Waals surface area contributed by atoms with Gasteiger partial charge in [-0.15, -0.1) is 0 Å². The van der Waals surface area contributed by atoms with Crippen LogP contribution < -0.4 is 4.74 Å². The van der Waals surface area contributed by atoms with Gasteiger partial charge in [0.2, 0.25) is 0 Å². The number of ether oxygens (including phenoxy) is 1. The molecule has 580 valence electrons. The van der Waals surface area contributed by atoms with Crippen LogP contribution in [0.1, 0.15) is 267 Å². The lowest BCUT2D eigenvalue weighted by molar-refractivity contribution is -0.146. The van der Waals surface area contributed by atoms with Crippen LogP contribution in [0.25, 0.3) is 100 Å². The van der Waals surface area contributed by atoms with E-state index in [0.717, 1.165) is 30.4 Å². The molecular weight excluding hydrogens is 1380 g/mol. The van der Waals surface area contributed by atoms with Gasteiger partial charge in [-0.3, -0.25) is 9.59 Å². The zero-order valence-corrected chi connectivity index (χ0v) is 69.3. The Balaban J connectivity index is 0.587. The average molecular weight is 1500 g/mol. The molecule has 0 N–H and O–H groups in total. The topological polar surface area (TPSA) is 46.6 Å². The van der Waals surface area contributed by atoms with Gasteiger partial charge in [-0.2, -0.15) is 0 Å². The molecule has 1 atom stereocenters. The maximum atomic E-state index is 12.9. The Morgan fingerprint density at radius 1 is 0.316 bits per heavy atom. The lowest BCUT2D eigenvalue weighted by Gasteiger charge is -2.67. The van der Waals surface area contributed by atoms with Crippen LogP contribution in [0.3, 0.4) is 0 Å². The van der Waals surface area contributed by atoms with E-state index in [-0.39, 0.29) is 49.7 Å². The number of aryl methyl sites for hydroxylation is 1. The van der Waals surface area contributed by atoms with Crippen molar-refractivity contribution in [1.82, 2.24) is 4.90 Å². The van der Waals surface area contributed by atoms with Crippen LogP contribution >= 0.6 is 0 Å². The maximum absolute atomic E-state index is 12.9. The molecule has 6 fully saturated rings. The van der Waals surface area contributed by atoms with Crippen LogP contribution in [-0.4, -0.2) is 22.9 Å². The van der Waals surface area contributed by atoms with Crippen molar-refractivity contribution >= 4 is 11.8 Å². The fourth-order valence-corrected chi connectivity index (χ4v) is 28.7. The summed E-state index contributed by atoms with van der Waals surface area (Å²) < 4.78 is 6.49. The van der Waals surface area contributed by atoms with E-state index in [1.54, 1.807) is 27.8 Å². The number of unbranched alkanes of at least 4 members (excludes halogenated alkanes) is 6. The highest BCUT2D eigenvalue weighted by Gasteiger charge is 2.75. The van der Waals surface area contributed by atoms with Crippen molar-refractivity contribution in [2.75, 3.05) is 0 Å². The van der Waals surface area contributed by atoms with E-state index in [1.165, 1.54) is 271 Å². The van der Waals surface area contributed by atoms with Crippen molar-refractivity contribution in [1.29, 1.82) is 0 Å². The van der Waals surface area contributed by atoms with Crippen molar-refractivity contribution in [3.8, 4) is 106 Å². The molecule has 9 aliphatic carbocycles. The second kappa shape index (κ2) is 27.5. The minimum Gasteiger partial charge on any atom is -0.470 e. The van der Waals surface area contributed by atoms with E-state index in [1.807, 2.05) is 12.1 Å². The van der Waals surface area contributed by atoms with Crippen LogP contribution in [0.4, 0.5) is 0 Å². The summed E-state index contributed by atoms with van der Waals surface area (Å²) >= 11 is 0. The van der Waals surface area contributed by atoms with Crippen molar-refractivity contribution in [2.45, 2.75) is 258 Å². The highest BCUT2D eigenvalue weighted by molar-refractivity contribution is 6.13. The van der Waals surface area contributed by atoms with Crippen molar-refractivity contribution in [2.24, 2.45) is 32.5 Å². The lowest BCUT2D eigenvalue weighted by atomic mass is 9.36. The third-order valence-corrected chi connectivity index (χ3v) is 33.6. The first-order valence-electron chi connectivity index (χ1n) is 45.0. The molecule has 4 nitrogen and oxygen atoms in total. The number of imide groups is 1. The molecule has 10 aliphatic rings. The van der Waals surface area contributed by atoms with Gasteiger partial charge >= 0.3 is 0 Å². The number of hydrogen-bond acceptors (Lipinski definition) is 3.